The van der Waals surface area contributed by atoms with Crippen molar-refractivity contribution in [2.24, 2.45) is 0 Å². The molecular formula is C7H15O3. The van der Waals surface area contributed by atoms with Gasteiger partial charge in [-0.15, -0.1) is 0 Å². The van der Waals surface area contributed by atoms with Crippen molar-refractivity contribution in [3.05, 3.63) is 0 Å². The van der Waals surface area contributed by atoms with E-state index in [1.165, 1.54) is 0 Å². The Morgan fingerprint density at radius 3 is 2.40 bits per heavy atom. The van der Waals surface area contributed by atoms with Gasteiger partial charge in [-0.2, -0.15) is 0 Å². The first-order valence-electron chi connectivity index (χ1n) is 3.56. The zero-order valence-electron chi connectivity index (χ0n) is 6.47. The minimum absolute atomic E-state index is 0.135. The molecule has 1 radical (unpaired) electrons. The van der Waals surface area contributed by atoms with E-state index in [1.54, 1.807) is 7.11 Å². The highest BCUT2D eigenvalue weighted by atomic mass is 16.5. The Balaban J connectivity index is 2.65. The minimum atomic E-state index is -0.135. The first kappa shape index (κ1) is 9.88. The molecule has 0 unspecified atom stereocenters. The molecule has 0 aromatic rings. The number of ether oxygens (including phenoxy) is 2. The number of hydrogen-bond acceptors (Lipinski definition) is 2. The van der Waals surface area contributed by atoms with Crippen LogP contribution in [-0.4, -0.2) is 33.5 Å². The van der Waals surface area contributed by atoms with Crippen LogP contribution in [0.15, 0.2) is 0 Å². The predicted molar refractivity (Wildman–Crippen MR) is 37.5 cm³/mol. The fourth-order valence-corrected chi connectivity index (χ4v) is 0.612. The average Bonchev–Trinajstić information content (AvgIpc) is 1.97. The minimum Gasteiger partial charge on any atom is -0.385 e. The molecule has 3 nitrogen and oxygen atoms in total. The van der Waals surface area contributed by atoms with Crippen molar-refractivity contribution in [1.29, 1.82) is 0 Å². The van der Waals surface area contributed by atoms with E-state index in [9.17, 15) is 5.11 Å². The van der Waals surface area contributed by atoms with Gasteiger partial charge in [-0.25, -0.2) is 5.11 Å². The smallest absolute Gasteiger partial charge is 0.106 e. The van der Waals surface area contributed by atoms with Gasteiger partial charge in [-0.05, 0) is 12.8 Å². The Bertz CT molecular complexity index is 48.8. The van der Waals surface area contributed by atoms with Gasteiger partial charge < -0.3 is 9.47 Å². The molecule has 0 saturated carbocycles. The molecular weight excluding hydrogens is 132 g/mol. The van der Waals surface area contributed by atoms with Crippen molar-refractivity contribution in [3.8, 4) is 0 Å². The van der Waals surface area contributed by atoms with E-state index in [4.69, 9.17) is 9.47 Å². The normalized spacial score (nSPS) is 10.2. The quantitative estimate of drug-likeness (QED) is 0.501. The maximum atomic E-state index is 9.87. The maximum absolute atomic E-state index is 9.87. The second-order valence-electron chi connectivity index (χ2n) is 2.02. The zero-order chi connectivity index (χ0) is 7.66. The highest BCUT2D eigenvalue weighted by Gasteiger charge is 1.87. The number of hydrogen-bond donors (Lipinski definition) is 0. The van der Waals surface area contributed by atoms with Crippen molar-refractivity contribution in [2.75, 3.05) is 33.5 Å². The van der Waals surface area contributed by atoms with Crippen molar-refractivity contribution in [2.45, 2.75) is 12.8 Å². The van der Waals surface area contributed by atoms with Crippen LogP contribution in [0.1, 0.15) is 12.8 Å². The summed E-state index contributed by atoms with van der Waals surface area (Å²) in [5, 5.41) is 9.87. The van der Waals surface area contributed by atoms with Gasteiger partial charge in [0, 0.05) is 20.3 Å². The lowest BCUT2D eigenvalue weighted by atomic mass is 10.3. The van der Waals surface area contributed by atoms with Gasteiger partial charge in [0.1, 0.15) is 6.61 Å². The lowest BCUT2D eigenvalue weighted by Gasteiger charge is -2.00. The van der Waals surface area contributed by atoms with E-state index in [1.807, 2.05) is 0 Å². The summed E-state index contributed by atoms with van der Waals surface area (Å²) in [5.41, 5.74) is 0. The molecule has 0 saturated heterocycles. The highest BCUT2D eigenvalue weighted by molar-refractivity contribution is 4.36. The molecule has 0 aliphatic carbocycles. The average molecular weight is 147 g/mol. The summed E-state index contributed by atoms with van der Waals surface area (Å²) >= 11 is 0. The van der Waals surface area contributed by atoms with Crippen LogP contribution in [0.2, 0.25) is 0 Å². The lowest BCUT2D eigenvalue weighted by Crippen LogP contribution is -2.00. The van der Waals surface area contributed by atoms with Crippen LogP contribution >= 0.6 is 0 Å². The van der Waals surface area contributed by atoms with Gasteiger partial charge in [0.25, 0.3) is 0 Å². The SMILES string of the molecule is COCCCCOCC[O]. The van der Waals surface area contributed by atoms with E-state index >= 15 is 0 Å². The van der Waals surface area contributed by atoms with E-state index in [2.05, 4.69) is 0 Å². The molecule has 0 fully saturated rings. The van der Waals surface area contributed by atoms with Crippen LogP contribution in [-0.2, 0) is 14.6 Å². The van der Waals surface area contributed by atoms with Crippen LogP contribution in [0.3, 0.4) is 0 Å². The van der Waals surface area contributed by atoms with Gasteiger partial charge in [0.15, 0.2) is 0 Å². The van der Waals surface area contributed by atoms with Crippen molar-refractivity contribution in [3.63, 3.8) is 0 Å². The third-order valence-electron chi connectivity index (χ3n) is 1.11. The van der Waals surface area contributed by atoms with E-state index in [-0.39, 0.29) is 6.61 Å². The summed E-state index contributed by atoms with van der Waals surface area (Å²) in [6, 6.07) is 0. The molecule has 0 spiro atoms. The predicted octanol–water partition coefficient (Wildman–Crippen LogP) is 0.860. The maximum Gasteiger partial charge on any atom is 0.106 e. The van der Waals surface area contributed by atoms with Gasteiger partial charge in [-0.3, -0.25) is 0 Å². The summed E-state index contributed by atoms with van der Waals surface area (Å²) in [4.78, 5) is 0. The van der Waals surface area contributed by atoms with Gasteiger partial charge >= 0.3 is 0 Å². The third kappa shape index (κ3) is 7.88. The van der Waals surface area contributed by atoms with E-state index < -0.39 is 0 Å². The fraction of sp³-hybridized carbons (Fsp3) is 1.00. The third-order valence-corrected chi connectivity index (χ3v) is 1.11. The molecule has 0 N–H and O–H groups in total. The van der Waals surface area contributed by atoms with Crippen molar-refractivity contribution >= 4 is 0 Å². The largest absolute Gasteiger partial charge is 0.385 e. The summed E-state index contributed by atoms with van der Waals surface area (Å²) < 4.78 is 9.79. The Labute approximate surface area is 62.0 Å². The molecule has 0 amide bonds. The molecule has 0 atom stereocenters. The first-order valence-corrected chi connectivity index (χ1v) is 3.56. The summed E-state index contributed by atoms with van der Waals surface area (Å²) in [5.74, 6) is 0. The van der Waals surface area contributed by atoms with Gasteiger partial charge in [0.2, 0.25) is 0 Å². The summed E-state index contributed by atoms with van der Waals surface area (Å²) in [7, 11) is 1.68. The molecule has 10 heavy (non-hydrogen) atoms. The first-order chi connectivity index (χ1) is 4.91. The van der Waals surface area contributed by atoms with Crippen LogP contribution < -0.4 is 0 Å². The Morgan fingerprint density at radius 2 is 1.80 bits per heavy atom. The standard InChI is InChI=1S/C7H15O3/c1-9-5-2-3-6-10-7-4-8/h2-7H2,1H3. The monoisotopic (exact) mass is 147 g/mol. The second kappa shape index (κ2) is 8.88. The zero-order valence-corrected chi connectivity index (χ0v) is 6.47. The molecule has 3 heteroatoms. The molecule has 0 aromatic carbocycles. The van der Waals surface area contributed by atoms with Gasteiger partial charge in [0.05, 0.1) is 6.61 Å². The Morgan fingerprint density at radius 1 is 1.10 bits per heavy atom. The molecule has 0 rings (SSSR count). The highest BCUT2D eigenvalue weighted by Crippen LogP contribution is 1.89. The molecule has 0 heterocycles. The Kier molecular flexibility index (Phi) is 8.77. The summed E-state index contributed by atoms with van der Waals surface area (Å²) in [6.07, 6.45) is 1.99. The van der Waals surface area contributed by atoms with E-state index in [0.717, 1.165) is 19.4 Å². The molecule has 0 bridgehead atoms. The van der Waals surface area contributed by atoms with E-state index in [0.29, 0.717) is 13.2 Å². The van der Waals surface area contributed by atoms with Crippen LogP contribution in [0, 0.1) is 0 Å². The molecule has 0 aromatic heterocycles. The number of methoxy groups -OCH3 is 1. The molecule has 0 aliphatic rings. The molecule has 0 aliphatic heterocycles. The van der Waals surface area contributed by atoms with Crippen molar-refractivity contribution < 1.29 is 14.6 Å². The fourth-order valence-electron chi connectivity index (χ4n) is 0.612. The number of unbranched alkanes of at least 4 members (excludes halogenated alkanes) is 1. The van der Waals surface area contributed by atoms with Crippen LogP contribution in [0.4, 0.5) is 0 Å². The van der Waals surface area contributed by atoms with Crippen LogP contribution in [0.5, 0.6) is 0 Å². The Hall–Kier alpha value is -0.120. The van der Waals surface area contributed by atoms with Crippen LogP contribution in [0.25, 0.3) is 0 Å². The topological polar surface area (TPSA) is 38.4 Å². The lowest BCUT2D eigenvalue weighted by molar-refractivity contribution is 0.0592. The summed E-state index contributed by atoms with van der Waals surface area (Å²) in [6.45, 7) is 1.67. The second-order valence-corrected chi connectivity index (χ2v) is 2.02. The molecule has 61 valence electrons. The number of rotatable bonds is 7. The van der Waals surface area contributed by atoms with Gasteiger partial charge in [-0.1, -0.05) is 0 Å². The van der Waals surface area contributed by atoms with Crippen molar-refractivity contribution in [1.82, 2.24) is 0 Å².